The van der Waals surface area contributed by atoms with Gasteiger partial charge in [-0.3, -0.25) is 9.59 Å². The van der Waals surface area contributed by atoms with E-state index in [0.717, 1.165) is 17.9 Å². The van der Waals surface area contributed by atoms with Gasteiger partial charge in [0.2, 0.25) is 11.8 Å². The molecule has 1 fully saturated rings. The Balaban J connectivity index is 2.81. The first-order chi connectivity index (χ1) is 9.60. The summed E-state index contributed by atoms with van der Waals surface area (Å²) in [5.74, 6) is -0.540. The van der Waals surface area contributed by atoms with Gasteiger partial charge in [-0.1, -0.05) is 18.4 Å². The van der Waals surface area contributed by atoms with Crippen LogP contribution in [0.3, 0.4) is 0 Å². The number of allylic oxidation sites excluding steroid dienone is 1. The van der Waals surface area contributed by atoms with Crippen LogP contribution in [0, 0.1) is 17.8 Å². The van der Waals surface area contributed by atoms with Crippen molar-refractivity contribution in [2.24, 2.45) is 23.5 Å². The number of carbonyl (C=O) groups is 2. The van der Waals surface area contributed by atoms with Crippen molar-refractivity contribution >= 4 is 11.8 Å². The second-order valence-corrected chi connectivity index (χ2v) is 7.54. The number of primary amides is 1. The van der Waals surface area contributed by atoms with Crippen LogP contribution in [-0.4, -0.2) is 17.4 Å². The smallest absolute Gasteiger partial charge is 0.224 e. The Labute approximate surface area is 128 Å². The fourth-order valence-corrected chi connectivity index (χ4v) is 2.62. The standard InChI is InChI=1S/C17H30N2O2/c1-11(2)10-14(16(21)19-17(3,4)5)13(15(18)20)9-8-12-6-7-12/h12-14H,1,6-10H2,2-5H3,(H2,18,20)(H,19,21)/t13-,14+/m0/s1. The molecule has 0 unspecified atom stereocenters. The maximum atomic E-state index is 12.5. The lowest BCUT2D eigenvalue weighted by Gasteiger charge is -2.29. The van der Waals surface area contributed by atoms with Crippen LogP contribution in [0.5, 0.6) is 0 Å². The van der Waals surface area contributed by atoms with E-state index in [-0.39, 0.29) is 17.4 Å². The van der Waals surface area contributed by atoms with E-state index in [4.69, 9.17) is 5.73 Å². The highest BCUT2D eigenvalue weighted by atomic mass is 16.2. The molecule has 1 aliphatic carbocycles. The molecule has 0 aliphatic heterocycles. The average Bonchev–Trinajstić information content (AvgIpc) is 3.08. The highest BCUT2D eigenvalue weighted by Crippen LogP contribution is 2.36. The van der Waals surface area contributed by atoms with Crippen LogP contribution >= 0.6 is 0 Å². The van der Waals surface area contributed by atoms with Crippen LogP contribution in [0.2, 0.25) is 0 Å². The summed E-state index contributed by atoms with van der Waals surface area (Å²) in [6.45, 7) is 11.6. The third-order valence-electron chi connectivity index (χ3n) is 3.84. The van der Waals surface area contributed by atoms with Crippen LogP contribution in [0.15, 0.2) is 12.2 Å². The zero-order valence-corrected chi connectivity index (χ0v) is 13.9. The zero-order valence-electron chi connectivity index (χ0n) is 13.9. The van der Waals surface area contributed by atoms with Crippen molar-refractivity contribution in [3.63, 3.8) is 0 Å². The lowest BCUT2D eigenvalue weighted by atomic mass is 9.82. The average molecular weight is 294 g/mol. The maximum absolute atomic E-state index is 12.5. The first-order valence-electron chi connectivity index (χ1n) is 7.86. The van der Waals surface area contributed by atoms with Crippen LogP contribution in [0.4, 0.5) is 0 Å². The van der Waals surface area contributed by atoms with E-state index >= 15 is 0 Å². The number of hydrogen-bond acceptors (Lipinski definition) is 2. The molecule has 21 heavy (non-hydrogen) atoms. The minimum absolute atomic E-state index is 0.0925. The Bertz CT molecular complexity index is 406. The number of hydrogen-bond donors (Lipinski definition) is 2. The third kappa shape index (κ3) is 6.78. The lowest BCUT2D eigenvalue weighted by molar-refractivity contribution is -0.134. The summed E-state index contributed by atoms with van der Waals surface area (Å²) in [5, 5.41) is 2.98. The van der Waals surface area contributed by atoms with Gasteiger partial charge in [-0.2, -0.15) is 0 Å². The van der Waals surface area contributed by atoms with E-state index < -0.39 is 11.8 Å². The van der Waals surface area contributed by atoms with E-state index in [9.17, 15) is 9.59 Å². The summed E-state index contributed by atoms with van der Waals surface area (Å²) in [4.78, 5) is 24.4. The molecule has 0 heterocycles. The van der Waals surface area contributed by atoms with Gasteiger partial charge in [-0.05, 0) is 52.9 Å². The molecule has 3 N–H and O–H groups in total. The molecule has 4 nitrogen and oxygen atoms in total. The Hall–Kier alpha value is -1.32. The molecule has 2 atom stereocenters. The first kappa shape index (κ1) is 17.7. The summed E-state index contributed by atoms with van der Waals surface area (Å²) in [5.41, 5.74) is 6.16. The van der Waals surface area contributed by atoms with Crippen molar-refractivity contribution in [2.45, 2.75) is 65.3 Å². The Morgan fingerprint density at radius 3 is 2.24 bits per heavy atom. The molecule has 0 aromatic heterocycles. The molecule has 2 amide bonds. The summed E-state index contributed by atoms with van der Waals surface area (Å²) in [6, 6.07) is 0. The fourth-order valence-electron chi connectivity index (χ4n) is 2.62. The molecule has 0 spiro atoms. The van der Waals surface area contributed by atoms with Crippen molar-refractivity contribution in [1.29, 1.82) is 0 Å². The minimum Gasteiger partial charge on any atom is -0.369 e. The molecule has 1 saturated carbocycles. The maximum Gasteiger partial charge on any atom is 0.224 e. The topological polar surface area (TPSA) is 72.2 Å². The molecule has 1 aliphatic rings. The zero-order chi connectivity index (χ0) is 16.2. The van der Waals surface area contributed by atoms with E-state index in [1.165, 1.54) is 12.8 Å². The van der Waals surface area contributed by atoms with E-state index in [2.05, 4.69) is 11.9 Å². The highest BCUT2D eigenvalue weighted by molar-refractivity contribution is 5.87. The minimum atomic E-state index is -0.405. The normalized spacial score (nSPS) is 17.9. The Morgan fingerprint density at radius 1 is 1.29 bits per heavy atom. The summed E-state index contributed by atoms with van der Waals surface area (Å²) in [6.07, 6.45) is 4.69. The van der Waals surface area contributed by atoms with Gasteiger partial charge >= 0.3 is 0 Å². The van der Waals surface area contributed by atoms with E-state index in [1.807, 2.05) is 27.7 Å². The molecular weight excluding hydrogens is 264 g/mol. The fraction of sp³-hybridized carbons (Fsp3) is 0.765. The number of carbonyl (C=O) groups excluding carboxylic acids is 2. The van der Waals surface area contributed by atoms with Gasteiger partial charge in [0, 0.05) is 11.5 Å². The molecule has 0 aromatic rings. The van der Waals surface area contributed by atoms with E-state index in [1.54, 1.807) is 0 Å². The molecule has 0 saturated heterocycles. The number of rotatable bonds is 8. The van der Waals surface area contributed by atoms with Crippen molar-refractivity contribution < 1.29 is 9.59 Å². The predicted molar refractivity (Wildman–Crippen MR) is 85.5 cm³/mol. The molecular formula is C17H30N2O2. The van der Waals surface area contributed by atoms with Crippen LogP contribution in [-0.2, 0) is 9.59 Å². The second-order valence-electron chi connectivity index (χ2n) is 7.54. The quantitative estimate of drug-likeness (QED) is 0.676. The van der Waals surface area contributed by atoms with Gasteiger partial charge in [0.25, 0.3) is 0 Å². The van der Waals surface area contributed by atoms with Crippen molar-refractivity contribution in [2.75, 3.05) is 0 Å². The van der Waals surface area contributed by atoms with Gasteiger partial charge in [0.15, 0.2) is 0 Å². The van der Waals surface area contributed by atoms with Gasteiger partial charge in [0.05, 0.1) is 5.92 Å². The first-order valence-corrected chi connectivity index (χ1v) is 7.86. The number of amides is 2. The molecule has 4 heteroatoms. The Kier molecular flexibility index (Phi) is 5.99. The second kappa shape index (κ2) is 7.10. The predicted octanol–water partition coefficient (Wildman–Crippen LogP) is 2.78. The largest absolute Gasteiger partial charge is 0.369 e. The molecule has 1 rings (SSSR count). The summed E-state index contributed by atoms with van der Waals surface area (Å²) >= 11 is 0. The Morgan fingerprint density at radius 2 is 1.86 bits per heavy atom. The van der Waals surface area contributed by atoms with Crippen LogP contribution < -0.4 is 11.1 Å². The van der Waals surface area contributed by atoms with Gasteiger partial charge in [-0.15, -0.1) is 6.58 Å². The van der Waals surface area contributed by atoms with Crippen molar-refractivity contribution in [3.05, 3.63) is 12.2 Å². The van der Waals surface area contributed by atoms with Gasteiger partial charge < -0.3 is 11.1 Å². The monoisotopic (exact) mass is 294 g/mol. The lowest BCUT2D eigenvalue weighted by Crippen LogP contribution is -2.47. The van der Waals surface area contributed by atoms with Crippen molar-refractivity contribution in [3.8, 4) is 0 Å². The molecule has 120 valence electrons. The third-order valence-corrected chi connectivity index (χ3v) is 3.84. The highest BCUT2D eigenvalue weighted by Gasteiger charge is 2.35. The van der Waals surface area contributed by atoms with Gasteiger partial charge in [0.1, 0.15) is 0 Å². The SMILES string of the molecule is C=C(C)C[C@@H](C(=O)NC(C)(C)C)[C@H](CCC1CC1)C(N)=O. The van der Waals surface area contributed by atoms with Crippen molar-refractivity contribution in [1.82, 2.24) is 5.32 Å². The van der Waals surface area contributed by atoms with Gasteiger partial charge in [-0.25, -0.2) is 0 Å². The molecule has 0 radical (unpaired) electrons. The molecule has 0 bridgehead atoms. The van der Waals surface area contributed by atoms with Crippen LogP contribution in [0.25, 0.3) is 0 Å². The number of nitrogens with two attached hydrogens (primary N) is 1. The molecule has 0 aromatic carbocycles. The van der Waals surface area contributed by atoms with Crippen LogP contribution in [0.1, 0.15) is 59.8 Å². The van der Waals surface area contributed by atoms with E-state index in [0.29, 0.717) is 12.8 Å². The summed E-state index contributed by atoms with van der Waals surface area (Å²) < 4.78 is 0. The summed E-state index contributed by atoms with van der Waals surface area (Å²) in [7, 11) is 0. The number of nitrogens with one attached hydrogen (secondary N) is 1.